The predicted molar refractivity (Wildman–Crippen MR) is 96.9 cm³/mol. The summed E-state index contributed by atoms with van der Waals surface area (Å²) in [6.07, 6.45) is 0. The number of nitrogens with zero attached hydrogens (tertiary/aromatic N) is 1. The Morgan fingerprint density at radius 2 is 1.50 bits per heavy atom. The summed E-state index contributed by atoms with van der Waals surface area (Å²) in [6, 6.07) is 19.5. The average Bonchev–Trinajstić information content (AvgIpc) is 2.60. The molecule has 0 fully saturated rings. The van der Waals surface area contributed by atoms with Crippen LogP contribution in [0.25, 0.3) is 0 Å². The van der Waals surface area contributed by atoms with Gasteiger partial charge in [0.2, 0.25) is 0 Å². The Hall–Kier alpha value is -2.17. The van der Waals surface area contributed by atoms with E-state index in [-0.39, 0.29) is 5.97 Å². The molecule has 0 amide bonds. The van der Waals surface area contributed by atoms with Crippen LogP contribution in [0, 0.1) is 0 Å². The van der Waals surface area contributed by atoms with Gasteiger partial charge in [-0.1, -0.05) is 60.7 Å². The second-order valence-corrected chi connectivity index (χ2v) is 5.93. The summed E-state index contributed by atoms with van der Waals surface area (Å²) in [4.78, 5) is 15.1. The number of hydrogen-bond acceptors (Lipinski definition) is 4. The Kier molecular flexibility index (Phi) is 6.53. The summed E-state index contributed by atoms with van der Waals surface area (Å²) in [5, 5.41) is 3.47. The Morgan fingerprint density at radius 1 is 1.00 bits per heavy atom. The molecule has 0 aliphatic rings. The lowest BCUT2D eigenvalue weighted by Gasteiger charge is -2.34. The number of esters is 1. The second-order valence-electron chi connectivity index (χ2n) is 5.93. The highest BCUT2D eigenvalue weighted by Gasteiger charge is 2.43. The molecule has 0 spiro atoms. The summed E-state index contributed by atoms with van der Waals surface area (Å²) in [5.41, 5.74) is 0.760. The zero-order valence-electron chi connectivity index (χ0n) is 14.7. The van der Waals surface area contributed by atoms with E-state index in [0.29, 0.717) is 13.2 Å². The molecule has 0 bridgehead atoms. The van der Waals surface area contributed by atoms with Crippen molar-refractivity contribution in [2.45, 2.75) is 12.5 Å². The summed E-state index contributed by atoms with van der Waals surface area (Å²) >= 11 is 0. The van der Waals surface area contributed by atoms with Crippen LogP contribution in [0.15, 0.2) is 60.7 Å². The fourth-order valence-electron chi connectivity index (χ4n) is 2.76. The standard InChI is InChI=1S/C20H26N2O2/c1-4-24-19(23)20(21-15-16-22(2)3,17-11-7-5-8-12-17)18-13-9-6-10-14-18/h5-14,21H,4,15-16H2,1-3H3. The van der Waals surface area contributed by atoms with Crippen LogP contribution in [0.5, 0.6) is 0 Å². The SMILES string of the molecule is CCOC(=O)C(NCCN(C)C)(c1ccccc1)c1ccccc1. The van der Waals surface area contributed by atoms with E-state index >= 15 is 0 Å². The molecule has 0 aliphatic heterocycles. The van der Waals surface area contributed by atoms with Gasteiger partial charge in [0, 0.05) is 13.1 Å². The van der Waals surface area contributed by atoms with Crippen molar-refractivity contribution >= 4 is 5.97 Å². The summed E-state index contributed by atoms with van der Waals surface area (Å²) < 4.78 is 5.46. The van der Waals surface area contributed by atoms with E-state index < -0.39 is 5.54 Å². The van der Waals surface area contributed by atoms with Gasteiger partial charge >= 0.3 is 5.97 Å². The maximum atomic E-state index is 13.0. The van der Waals surface area contributed by atoms with Crippen LogP contribution in [-0.2, 0) is 15.1 Å². The molecular weight excluding hydrogens is 300 g/mol. The molecule has 2 rings (SSSR count). The maximum Gasteiger partial charge on any atom is 0.335 e. The van der Waals surface area contributed by atoms with Crippen molar-refractivity contribution in [2.75, 3.05) is 33.8 Å². The molecule has 4 nitrogen and oxygen atoms in total. The fourth-order valence-corrected chi connectivity index (χ4v) is 2.76. The molecule has 0 radical (unpaired) electrons. The first-order valence-corrected chi connectivity index (χ1v) is 8.29. The van der Waals surface area contributed by atoms with E-state index in [2.05, 4.69) is 10.2 Å². The van der Waals surface area contributed by atoms with Crippen LogP contribution in [0.2, 0.25) is 0 Å². The monoisotopic (exact) mass is 326 g/mol. The minimum Gasteiger partial charge on any atom is -0.464 e. The van der Waals surface area contributed by atoms with Crippen molar-refractivity contribution in [3.63, 3.8) is 0 Å². The van der Waals surface area contributed by atoms with Crippen molar-refractivity contribution in [2.24, 2.45) is 0 Å². The van der Waals surface area contributed by atoms with Gasteiger partial charge < -0.3 is 9.64 Å². The van der Waals surface area contributed by atoms with Crippen molar-refractivity contribution in [1.82, 2.24) is 10.2 Å². The van der Waals surface area contributed by atoms with Gasteiger partial charge in [0.1, 0.15) is 0 Å². The predicted octanol–water partition coefficient (Wildman–Crippen LogP) is 2.64. The van der Waals surface area contributed by atoms with E-state index in [1.165, 1.54) is 0 Å². The number of nitrogens with one attached hydrogen (secondary N) is 1. The zero-order valence-corrected chi connectivity index (χ0v) is 14.7. The Balaban J connectivity index is 2.52. The highest BCUT2D eigenvalue weighted by atomic mass is 16.5. The first kappa shape index (κ1) is 18.2. The van der Waals surface area contributed by atoms with Gasteiger partial charge in [0.05, 0.1) is 6.61 Å². The molecule has 0 aromatic heterocycles. The maximum absolute atomic E-state index is 13.0. The van der Waals surface area contributed by atoms with Crippen LogP contribution in [0.3, 0.4) is 0 Å². The van der Waals surface area contributed by atoms with Crippen LogP contribution in [-0.4, -0.2) is 44.7 Å². The third-order valence-electron chi connectivity index (χ3n) is 3.94. The molecule has 1 N–H and O–H groups in total. The number of carbonyl (C=O) groups excluding carboxylic acids is 1. The van der Waals surface area contributed by atoms with Gasteiger partial charge in [0.25, 0.3) is 0 Å². The molecule has 2 aromatic carbocycles. The van der Waals surface area contributed by atoms with Crippen molar-refractivity contribution in [3.05, 3.63) is 71.8 Å². The smallest absolute Gasteiger partial charge is 0.335 e. The van der Waals surface area contributed by atoms with Gasteiger partial charge in [-0.25, -0.2) is 4.79 Å². The van der Waals surface area contributed by atoms with E-state index in [1.807, 2.05) is 81.7 Å². The molecular formula is C20H26N2O2. The normalized spacial score (nSPS) is 11.5. The molecule has 128 valence electrons. The number of hydrogen-bond donors (Lipinski definition) is 1. The van der Waals surface area contributed by atoms with Crippen LogP contribution in [0.4, 0.5) is 0 Å². The zero-order chi connectivity index (χ0) is 17.4. The highest BCUT2D eigenvalue weighted by molar-refractivity contribution is 5.87. The van der Waals surface area contributed by atoms with Gasteiger partial charge in [-0.15, -0.1) is 0 Å². The lowest BCUT2D eigenvalue weighted by atomic mass is 9.82. The van der Waals surface area contributed by atoms with E-state index in [1.54, 1.807) is 0 Å². The van der Waals surface area contributed by atoms with E-state index in [0.717, 1.165) is 17.7 Å². The number of likely N-dealkylation sites (N-methyl/N-ethyl adjacent to an activating group) is 1. The highest BCUT2D eigenvalue weighted by Crippen LogP contribution is 2.31. The van der Waals surface area contributed by atoms with Crippen molar-refractivity contribution < 1.29 is 9.53 Å². The van der Waals surface area contributed by atoms with E-state index in [9.17, 15) is 4.79 Å². The number of benzene rings is 2. The van der Waals surface area contributed by atoms with Crippen molar-refractivity contribution in [1.29, 1.82) is 0 Å². The molecule has 4 heteroatoms. The minimum absolute atomic E-state index is 0.277. The summed E-state index contributed by atoms with van der Waals surface area (Å²) in [6.45, 7) is 3.66. The molecule has 0 atom stereocenters. The van der Waals surface area contributed by atoms with Gasteiger partial charge in [-0.05, 0) is 32.1 Å². The largest absolute Gasteiger partial charge is 0.464 e. The lowest BCUT2D eigenvalue weighted by Crippen LogP contribution is -2.52. The molecule has 0 aliphatic carbocycles. The molecule has 24 heavy (non-hydrogen) atoms. The van der Waals surface area contributed by atoms with Crippen molar-refractivity contribution in [3.8, 4) is 0 Å². The van der Waals surface area contributed by atoms with Crippen LogP contribution in [0.1, 0.15) is 18.1 Å². The number of rotatable bonds is 8. The molecule has 0 saturated heterocycles. The average molecular weight is 326 g/mol. The summed E-state index contributed by atoms with van der Waals surface area (Å²) in [7, 11) is 4.03. The van der Waals surface area contributed by atoms with Crippen LogP contribution < -0.4 is 5.32 Å². The number of carbonyl (C=O) groups is 1. The quantitative estimate of drug-likeness (QED) is 0.757. The summed E-state index contributed by atoms with van der Waals surface area (Å²) in [5.74, 6) is -0.277. The van der Waals surface area contributed by atoms with Gasteiger partial charge in [-0.3, -0.25) is 5.32 Å². The minimum atomic E-state index is -1.01. The third kappa shape index (κ3) is 4.02. The molecule has 2 aromatic rings. The fraction of sp³-hybridized carbons (Fsp3) is 0.350. The Bertz CT molecular complexity index is 587. The second kappa shape index (κ2) is 8.62. The Labute approximate surface area is 144 Å². The van der Waals surface area contributed by atoms with Gasteiger partial charge in [-0.2, -0.15) is 0 Å². The van der Waals surface area contributed by atoms with Crippen LogP contribution >= 0.6 is 0 Å². The number of ether oxygens (including phenoxy) is 1. The Morgan fingerprint density at radius 3 is 1.92 bits per heavy atom. The topological polar surface area (TPSA) is 41.6 Å². The van der Waals surface area contributed by atoms with E-state index in [4.69, 9.17) is 4.74 Å². The van der Waals surface area contributed by atoms with Gasteiger partial charge in [0.15, 0.2) is 5.54 Å². The molecule has 0 heterocycles. The third-order valence-corrected chi connectivity index (χ3v) is 3.94. The molecule has 0 saturated carbocycles. The first-order chi connectivity index (χ1) is 11.6. The lowest BCUT2D eigenvalue weighted by molar-refractivity contribution is -0.149. The first-order valence-electron chi connectivity index (χ1n) is 8.29. The molecule has 0 unspecified atom stereocenters.